The van der Waals surface area contributed by atoms with Crippen molar-refractivity contribution >= 4 is 67.2 Å². The summed E-state index contributed by atoms with van der Waals surface area (Å²) in [7, 11) is -4.64. The molecule has 0 bridgehead atoms. The molecule has 0 aromatic heterocycles. The Hall–Kier alpha value is -0.779. The lowest BCUT2D eigenvalue weighted by Gasteiger charge is -2.08. The normalized spacial score (nSPS) is 12.8. The lowest BCUT2D eigenvalue weighted by molar-refractivity contribution is -0.114. The monoisotopic (exact) mass is 440 g/mol. The van der Waals surface area contributed by atoms with Crippen molar-refractivity contribution in [3.63, 3.8) is 0 Å². The lowest BCUT2D eigenvalue weighted by atomic mass is 10.1. The summed E-state index contributed by atoms with van der Waals surface area (Å²) in [5.74, 6) is 0. The molecule has 0 spiro atoms. The number of hydrogen-bond acceptors (Lipinski definition) is 5. The van der Waals surface area contributed by atoms with E-state index in [1.807, 2.05) is 0 Å². The SMILES string of the molecule is C[SiH](C)OO[SiH2]O[SiH2][SiH2]c1ccc(-c2ccc([SiH2]O[SiH]=O)cc2)cc1. The average molecular weight is 441 g/mol. The molecule has 134 valence electrons. The summed E-state index contributed by atoms with van der Waals surface area (Å²) < 4.78 is 31.6. The maximum absolute atomic E-state index is 10.5. The fourth-order valence-corrected chi connectivity index (χ4v) is 11.2. The highest BCUT2D eigenvalue weighted by Crippen LogP contribution is 2.16. The van der Waals surface area contributed by atoms with Crippen LogP contribution in [0.2, 0.25) is 13.1 Å². The Morgan fingerprint density at radius 3 is 2.08 bits per heavy atom. The zero-order valence-electron chi connectivity index (χ0n) is 14.6. The van der Waals surface area contributed by atoms with E-state index in [0.29, 0.717) is 0 Å². The summed E-state index contributed by atoms with van der Waals surface area (Å²) in [5.41, 5.74) is 2.42. The molecule has 0 saturated heterocycles. The summed E-state index contributed by atoms with van der Waals surface area (Å²) in [4.78, 5) is 0. The van der Waals surface area contributed by atoms with Gasteiger partial charge in [0.15, 0.2) is 0 Å². The van der Waals surface area contributed by atoms with Crippen LogP contribution in [0, 0.1) is 0 Å². The van der Waals surface area contributed by atoms with Crippen molar-refractivity contribution < 1.29 is 21.8 Å². The zero-order chi connectivity index (χ0) is 17.9. The van der Waals surface area contributed by atoms with Gasteiger partial charge in [-0.2, -0.15) is 0 Å². The van der Waals surface area contributed by atoms with Gasteiger partial charge in [-0.1, -0.05) is 53.7 Å². The van der Waals surface area contributed by atoms with E-state index < -0.39 is 47.7 Å². The van der Waals surface area contributed by atoms with E-state index >= 15 is 0 Å². The highest BCUT2D eigenvalue weighted by Gasteiger charge is 2.02. The molecule has 0 atom stereocenters. The Morgan fingerprint density at radius 1 is 0.920 bits per heavy atom. The van der Waals surface area contributed by atoms with Crippen molar-refractivity contribution in [2.45, 2.75) is 13.1 Å². The number of hydrogen-bond donors (Lipinski definition) is 0. The molecule has 25 heavy (non-hydrogen) atoms. The van der Waals surface area contributed by atoms with Gasteiger partial charge in [-0.05, 0) is 29.4 Å². The third-order valence-corrected chi connectivity index (χ3v) is 14.5. The van der Waals surface area contributed by atoms with Crippen LogP contribution in [-0.2, 0) is 21.8 Å². The first-order valence-corrected chi connectivity index (χ1v) is 19.7. The molecule has 2 aromatic carbocycles. The van der Waals surface area contributed by atoms with Crippen molar-refractivity contribution in [3.05, 3.63) is 48.5 Å². The molecule has 0 amide bonds. The maximum Gasteiger partial charge on any atom is 0.472 e. The highest BCUT2D eigenvalue weighted by atomic mass is 29.2. The van der Waals surface area contributed by atoms with Crippen molar-refractivity contribution in [2.24, 2.45) is 0 Å². The molecule has 0 aliphatic rings. The fraction of sp³-hybridized carbons (Fsp3) is 0.143. The molecule has 5 nitrogen and oxygen atoms in total. The standard InChI is InChI=1S/C14H24O5Si6/c1-25(2)17-16-23-19-24-21-14-9-5-12(6-10-14)11-3-7-13(8-4-11)20-18-22-15/h3-10,22,25H,20-21,23-24H2,1-2H3. The largest absolute Gasteiger partial charge is 0.582 e. The third kappa shape index (κ3) is 7.97. The third-order valence-electron chi connectivity index (χ3n) is 3.49. The van der Waals surface area contributed by atoms with Crippen LogP contribution in [0.5, 0.6) is 0 Å². The maximum atomic E-state index is 10.5. The average Bonchev–Trinajstić information content (AvgIpc) is 2.63. The Kier molecular flexibility index (Phi) is 9.66. The number of rotatable bonds is 11. The van der Waals surface area contributed by atoms with Crippen LogP contribution in [0.3, 0.4) is 0 Å². The topological polar surface area (TPSA) is 54.0 Å². The highest BCUT2D eigenvalue weighted by molar-refractivity contribution is 7.05. The van der Waals surface area contributed by atoms with Crippen molar-refractivity contribution in [1.82, 2.24) is 0 Å². The Balaban J connectivity index is 1.78. The summed E-state index contributed by atoms with van der Waals surface area (Å²) in [6, 6.07) is 17.2. The van der Waals surface area contributed by atoms with E-state index in [1.54, 1.807) is 0 Å². The van der Waals surface area contributed by atoms with Crippen LogP contribution in [0.4, 0.5) is 0 Å². The summed E-state index contributed by atoms with van der Waals surface area (Å²) in [5, 5.41) is 2.62. The zero-order valence-corrected chi connectivity index (χ0v) is 22.6. The van der Waals surface area contributed by atoms with Crippen LogP contribution < -0.4 is 10.4 Å². The first-order valence-electron chi connectivity index (χ1n) is 8.28. The van der Waals surface area contributed by atoms with E-state index in [9.17, 15) is 4.46 Å². The van der Waals surface area contributed by atoms with Gasteiger partial charge >= 0.3 is 19.7 Å². The lowest BCUT2D eigenvalue weighted by Crippen LogP contribution is -2.25. The van der Waals surface area contributed by atoms with Gasteiger partial charge in [0, 0.05) is 0 Å². The Bertz CT molecular complexity index is 637. The minimum Gasteiger partial charge on any atom is -0.582 e. The van der Waals surface area contributed by atoms with Gasteiger partial charge in [0.2, 0.25) is 18.8 Å². The van der Waals surface area contributed by atoms with Crippen LogP contribution in [0.1, 0.15) is 0 Å². The first-order chi connectivity index (χ1) is 12.2. The summed E-state index contributed by atoms with van der Waals surface area (Å²) >= 11 is 0. The molecule has 0 heterocycles. The van der Waals surface area contributed by atoms with E-state index in [-0.39, 0.29) is 9.04 Å². The molecule has 2 rings (SSSR count). The van der Waals surface area contributed by atoms with Crippen LogP contribution in [0.15, 0.2) is 48.5 Å². The van der Waals surface area contributed by atoms with E-state index in [4.69, 9.17) is 17.4 Å². The minimum absolute atomic E-state index is 0.282. The number of benzene rings is 2. The second kappa shape index (κ2) is 11.8. The van der Waals surface area contributed by atoms with Gasteiger partial charge in [0.1, 0.15) is 9.28 Å². The molecule has 0 fully saturated rings. The van der Waals surface area contributed by atoms with Crippen LogP contribution in [0.25, 0.3) is 11.1 Å². The van der Waals surface area contributed by atoms with Crippen molar-refractivity contribution in [1.29, 1.82) is 0 Å². The van der Waals surface area contributed by atoms with E-state index in [0.717, 1.165) is 0 Å². The molecule has 0 aliphatic carbocycles. The molecular weight excluding hydrogens is 417 g/mol. The Labute approximate surface area is 161 Å². The van der Waals surface area contributed by atoms with Gasteiger partial charge < -0.3 is 12.7 Å². The van der Waals surface area contributed by atoms with E-state index in [1.165, 1.54) is 21.5 Å². The molecular formula is C14H24O5Si6. The minimum atomic E-state index is -1.09. The molecule has 0 aliphatic heterocycles. The Morgan fingerprint density at radius 2 is 1.52 bits per heavy atom. The smallest absolute Gasteiger partial charge is 0.472 e. The molecule has 2 aromatic rings. The van der Waals surface area contributed by atoms with E-state index in [2.05, 4.69) is 61.6 Å². The quantitative estimate of drug-likeness (QED) is 0.168. The summed E-state index contributed by atoms with van der Waals surface area (Å²) in [6.07, 6.45) is 0. The van der Waals surface area contributed by atoms with Gasteiger partial charge in [0.25, 0.3) is 0 Å². The van der Waals surface area contributed by atoms with Crippen LogP contribution >= 0.6 is 0 Å². The van der Waals surface area contributed by atoms with Gasteiger partial charge in [-0.25, -0.2) is 0 Å². The van der Waals surface area contributed by atoms with Gasteiger partial charge in [-0.15, -0.1) is 0 Å². The predicted molar refractivity (Wildman–Crippen MR) is 116 cm³/mol. The molecule has 0 N–H and O–H groups in total. The second-order valence-corrected chi connectivity index (χ2v) is 17.3. The van der Waals surface area contributed by atoms with Gasteiger partial charge in [0.05, 0.1) is 9.04 Å². The van der Waals surface area contributed by atoms with Crippen molar-refractivity contribution in [2.75, 3.05) is 0 Å². The van der Waals surface area contributed by atoms with Crippen molar-refractivity contribution in [3.8, 4) is 11.1 Å². The fourth-order valence-electron chi connectivity index (χ4n) is 2.23. The molecule has 0 saturated carbocycles. The van der Waals surface area contributed by atoms with Crippen LogP contribution in [-0.4, -0.2) is 56.8 Å². The molecule has 0 radical (unpaired) electrons. The second-order valence-electron chi connectivity index (χ2n) is 5.84. The molecule has 0 unspecified atom stereocenters. The van der Waals surface area contributed by atoms with Gasteiger partial charge in [-0.3, -0.25) is 9.15 Å². The first kappa shape index (κ1) is 20.5. The molecule has 11 heteroatoms. The predicted octanol–water partition coefficient (Wildman–Crippen LogP) is -2.48. The summed E-state index contributed by atoms with van der Waals surface area (Å²) in [6.45, 7) is 4.16.